The van der Waals surface area contributed by atoms with Crippen molar-refractivity contribution < 1.29 is 5.11 Å². The molecule has 4 heteroatoms. The summed E-state index contributed by atoms with van der Waals surface area (Å²) in [5, 5.41) is 13.7. The first-order valence-electron chi connectivity index (χ1n) is 5.78. The highest BCUT2D eigenvalue weighted by Crippen LogP contribution is 2.21. The molecule has 1 aromatic heterocycles. The Kier molecular flexibility index (Phi) is 2.37. The molecule has 0 spiro atoms. The largest absolute Gasteiger partial charge is 0.508 e. The highest BCUT2D eigenvalue weighted by Gasteiger charge is 2.18. The molecule has 4 nitrogen and oxygen atoms in total. The summed E-state index contributed by atoms with van der Waals surface area (Å²) in [5.41, 5.74) is 3.59. The van der Waals surface area contributed by atoms with E-state index in [0.29, 0.717) is 0 Å². The lowest BCUT2D eigenvalue weighted by Gasteiger charge is -2.22. The van der Waals surface area contributed by atoms with Crippen molar-refractivity contribution in [3.8, 4) is 11.4 Å². The zero-order chi connectivity index (χ0) is 11.8. The number of nitrogens with zero attached hydrogens (tertiary/aromatic N) is 3. The molecule has 0 amide bonds. The molecule has 2 heterocycles. The summed E-state index contributed by atoms with van der Waals surface area (Å²) in [6, 6.07) is 7.17. The van der Waals surface area contributed by atoms with Crippen molar-refractivity contribution in [2.24, 2.45) is 0 Å². The van der Waals surface area contributed by atoms with Gasteiger partial charge in [-0.05, 0) is 31.3 Å². The third kappa shape index (κ3) is 1.80. The molecule has 0 fully saturated rings. The van der Waals surface area contributed by atoms with Gasteiger partial charge in [-0.15, -0.1) is 0 Å². The number of aromatic nitrogens is 2. The molecule has 1 aromatic carbocycles. The molecule has 3 rings (SSSR count). The van der Waals surface area contributed by atoms with Crippen LogP contribution in [0.2, 0.25) is 0 Å². The Morgan fingerprint density at radius 2 is 2.00 bits per heavy atom. The van der Waals surface area contributed by atoms with Crippen LogP contribution in [-0.4, -0.2) is 33.4 Å². The molecular weight excluding hydrogens is 214 g/mol. The van der Waals surface area contributed by atoms with Gasteiger partial charge in [0.1, 0.15) is 5.75 Å². The molecule has 88 valence electrons. The molecule has 0 saturated heterocycles. The summed E-state index contributed by atoms with van der Waals surface area (Å²) in [6.45, 7) is 2.03. The summed E-state index contributed by atoms with van der Waals surface area (Å²) in [5.74, 6) is 0.287. The second-order valence-electron chi connectivity index (χ2n) is 4.53. The maximum atomic E-state index is 9.29. The van der Waals surface area contributed by atoms with Gasteiger partial charge in [-0.25, -0.2) is 4.68 Å². The summed E-state index contributed by atoms with van der Waals surface area (Å²) in [7, 11) is 2.13. The van der Waals surface area contributed by atoms with E-state index in [-0.39, 0.29) is 5.75 Å². The van der Waals surface area contributed by atoms with Gasteiger partial charge in [0.15, 0.2) is 0 Å². The number of rotatable bonds is 1. The van der Waals surface area contributed by atoms with E-state index in [1.54, 1.807) is 12.1 Å². The monoisotopic (exact) mass is 229 g/mol. The summed E-state index contributed by atoms with van der Waals surface area (Å²) < 4.78 is 1.97. The molecule has 0 unspecified atom stereocenters. The van der Waals surface area contributed by atoms with Crippen LogP contribution >= 0.6 is 0 Å². The predicted octanol–water partition coefficient (Wildman–Crippen LogP) is 1.57. The zero-order valence-corrected chi connectivity index (χ0v) is 9.80. The van der Waals surface area contributed by atoms with E-state index in [1.165, 1.54) is 11.3 Å². The predicted molar refractivity (Wildman–Crippen MR) is 65.3 cm³/mol. The molecule has 0 radical (unpaired) electrons. The average molecular weight is 229 g/mol. The molecular formula is C13H15N3O. The Hall–Kier alpha value is -1.81. The van der Waals surface area contributed by atoms with Gasteiger partial charge >= 0.3 is 0 Å². The number of fused-ring (bicyclic) bond motifs is 1. The smallest absolute Gasteiger partial charge is 0.115 e. The molecule has 0 aliphatic carbocycles. The lowest BCUT2D eigenvalue weighted by Crippen LogP contribution is -2.27. The standard InChI is InChI=1S/C13H15N3O/c1-15-7-6-13-10(9-15)8-14-16(13)11-2-4-12(17)5-3-11/h2-5,8,17H,6-7,9H2,1H3. The van der Waals surface area contributed by atoms with E-state index < -0.39 is 0 Å². The van der Waals surface area contributed by atoms with Gasteiger partial charge in [0.25, 0.3) is 0 Å². The van der Waals surface area contributed by atoms with E-state index in [2.05, 4.69) is 17.0 Å². The molecule has 17 heavy (non-hydrogen) atoms. The van der Waals surface area contributed by atoms with Gasteiger partial charge in [-0.2, -0.15) is 5.10 Å². The van der Waals surface area contributed by atoms with Gasteiger partial charge in [-0.3, -0.25) is 0 Å². The Morgan fingerprint density at radius 3 is 2.76 bits per heavy atom. The summed E-state index contributed by atoms with van der Waals surface area (Å²) in [4.78, 5) is 2.30. The number of hydrogen-bond acceptors (Lipinski definition) is 3. The Bertz CT molecular complexity index is 530. The molecule has 2 aromatic rings. The molecule has 0 saturated carbocycles. The van der Waals surface area contributed by atoms with Crippen LogP contribution in [0.25, 0.3) is 5.69 Å². The van der Waals surface area contributed by atoms with Crippen LogP contribution < -0.4 is 0 Å². The fourth-order valence-corrected chi connectivity index (χ4v) is 2.29. The van der Waals surface area contributed by atoms with Crippen molar-refractivity contribution in [3.63, 3.8) is 0 Å². The van der Waals surface area contributed by atoms with Gasteiger partial charge in [-0.1, -0.05) is 0 Å². The van der Waals surface area contributed by atoms with Crippen LogP contribution in [-0.2, 0) is 13.0 Å². The number of phenols is 1. The summed E-state index contributed by atoms with van der Waals surface area (Å²) in [6.07, 6.45) is 2.96. The third-order valence-electron chi connectivity index (χ3n) is 3.22. The molecule has 0 atom stereocenters. The highest BCUT2D eigenvalue weighted by atomic mass is 16.3. The molecule has 1 N–H and O–H groups in total. The lowest BCUT2D eigenvalue weighted by atomic mass is 10.1. The van der Waals surface area contributed by atoms with Gasteiger partial charge < -0.3 is 10.0 Å². The van der Waals surface area contributed by atoms with Crippen molar-refractivity contribution >= 4 is 0 Å². The fourth-order valence-electron chi connectivity index (χ4n) is 2.29. The van der Waals surface area contributed by atoms with Gasteiger partial charge in [0.2, 0.25) is 0 Å². The lowest BCUT2D eigenvalue weighted by molar-refractivity contribution is 0.310. The number of likely N-dealkylation sites (N-methyl/N-ethyl adjacent to an activating group) is 1. The number of aromatic hydroxyl groups is 1. The minimum absolute atomic E-state index is 0.287. The molecule has 1 aliphatic rings. The normalized spacial score (nSPS) is 15.8. The Morgan fingerprint density at radius 1 is 1.24 bits per heavy atom. The average Bonchev–Trinajstić information content (AvgIpc) is 2.73. The highest BCUT2D eigenvalue weighted by molar-refractivity contribution is 5.39. The summed E-state index contributed by atoms with van der Waals surface area (Å²) >= 11 is 0. The van der Waals surface area contributed by atoms with Crippen molar-refractivity contribution in [2.75, 3.05) is 13.6 Å². The van der Waals surface area contributed by atoms with Crippen molar-refractivity contribution in [1.29, 1.82) is 0 Å². The second-order valence-corrected chi connectivity index (χ2v) is 4.53. The minimum atomic E-state index is 0.287. The van der Waals surface area contributed by atoms with Gasteiger partial charge in [0, 0.05) is 30.8 Å². The van der Waals surface area contributed by atoms with E-state index in [1.807, 2.05) is 23.0 Å². The number of benzene rings is 1. The minimum Gasteiger partial charge on any atom is -0.508 e. The van der Waals surface area contributed by atoms with E-state index in [0.717, 1.165) is 25.2 Å². The van der Waals surface area contributed by atoms with E-state index >= 15 is 0 Å². The topological polar surface area (TPSA) is 41.3 Å². The van der Waals surface area contributed by atoms with Crippen LogP contribution in [0.3, 0.4) is 0 Å². The van der Waals surface area contributed by atoms with E-state index in [9.17, 15) is 5.11 Å². The third-order valence-corrected chi connectivity index (χ3v) is 3.22. The van der Waals surface area contributed by atoms with Crippen molar-refractivity contribution in [3.05, 3.63) is 41.7 Å². The molecule has 0 bridgehead atoms. The number of hydrogen-bond donors (Lipinski definition) is 1. The first-order valence-corrected chi connectivity index (χ1v) is 5.78. The maximum Gasteiger partial charge on any atom is 0.115 e. The zero-order valence-electron chi connectivity index (χ0n) is 9.80. The first kappa shape index (κ1) is 10.4. The fraction of sp³-hybridized carbons (Fsp3) is 0.308. The maximum absolute atomic E-state index is 9.29. The van der Waals surface area contributed by atoms with Crippen LogP contribution in [0.4, 0.5) is 0 Å². The quantitative estimate of drug-likeness (QED) is 0.807. The van der Waals surface area contributed by atoms with E-state index in [4.69, 9.17) is 0 Å². The van der Waals surface area contributed by atoms with Crippen LogP contribution in [0.15, 0.2) is 30.5 Å². The number of phenolic OH excluding ortho intramolecular Hbond substituents is 1. The Balaban J connectivity index is 2.02. The second kappa shape index (κ2) is 3.89. The first-order chi connectivity index (χ1) is 8.24. The van der Waals surface area contributed by atoms with Crippen LogP contribution in [0.5, 0.6) is 5.75 Å². The SMILES string of the molecule is CN1CCc2c(cnn2-c2ccc(O)cc2)C1. The van der Waals surface area contributed by atoms with Gasteiger partial charge in [0.05, 0.1) is 11.9 Å². The van der Waals surface area contributed by atoms with Crippen LogP contribution in [0.1, 0.15) is 11.3 Å². The van der Waals surface area contributed by atoms with Crippen molar-refractivity contribution in [1.82, 2.24) is 14.7 Å². The molecule has 1 aliphatic heterocycles. The Labute approximate surface area is 100 Å². The van der Waals surface area contributed by atoms with Crippen molar-refractivity contribution in [2.45, 2.75) is 13.0 Å². The van der Waals surface area contributed by atoms with Crippen LogP contribution in [0, 0.1) is 0 Å².